The van der Waals surface area contributed by atoms with Crippen LogP contribution in [0.2, 0.25) is 0 Å². The second-order valence-corrected chi connectivity index (χ2v) is 10.3. The molecule has 2 rings (SSSR count). The van der Waals surface area contributed by atoms with Crippen molar-refractivity contribution in [2.75, 3.05) is 0 Å². The van der Waals surface area contributed by atoms with Gasteiger partial charge in [0.2, 0.25) is 0 Å². The first kappa shape index (κ1) is 23.6. The molecular weight excluding hydrogens is 492 g/mol. The summed E-state index contributed by atoms with van der Waals surface area (Å²) in [5, 5.41) is 3.27. The number of nitrogens with zero attached hydrogens (tertiary/aromatic N) is 2. The Bertz CT molecular complexity index is 630. The fraction of sp³-hybridized carbons (Fsp3) is 0.684. The second-order valence-electron chi connectivity index (χ2n) is 7.77. The van der Waals surface area contributed by atoms with Gasteiger partial charge in [-0.05, 0) is 45.3 Å². The molecule has 0 saturated carbocycles. The van der Waals surface area contributed by atoms with Gasteiger partial charge >= 0.3 is 12.0 Å². The lowest BCUT2D eigenvalue weighted by Gasteiger charge is -2.34. The standard InChI is InChI=1S/C19H31IN3O4P/c1-11(2)26-18(24)15(6)21-28-14(5)10-16-9-12(3)17(27-16)22-8-7-13(4)23(20)19(22)25/h7-8,11-12,14-17,21,28H,4,9-10H2,1-3,5-6H3. The maximum atomic E-state index is 12.5. The summed E-state index contributed by atoms with van der Waals surface area (Å²) in [6.45, 7) is 13.6. The van der Waals surface area contributed by atoms with Crippen LogP contribution in [0.25, 0.3) is 0 Å². The Kier molecular flexibility index (Phi) is 8.73. The zero-order valence-corrected chi connectivity index (χ0v) is 20.3. The SMILES string of the molecule is C=C1C=CN(C2OC(CC(C)PNC(C)C(=O)OC(C)C)CC2C)C(=O)N1I. The molecule has 0 spiro atoms. The Morgan fingerprint density at radius 3 is 2.79 bits per heavy atom. The van der Waals surface area contributed by atoms with Crippen LogP contribution in [-0.2, 0) is 14.3 Å². The molecule has 0 radical (unpaired) electrons. The summed E-state index contributed by atoms with van der Waals surface area (Å²) < 4.78 is 13.0. The third-order valence-corrected chi connectivity index (χ3v) is 7.02. The summed E-state index contributed by atoms with van der Waals surface area (Å²) in [6.07, 6.45) is 5.10. The number of ether oxygens (including phenoxy) is 2. The van der Waals surface area contributed by atoms with Crippen LogP contribution in [0.1, 0.15) is 47.5 Å². The number of hydrogen-bond donors (Lipinski definition) is 1. The molecule has 2 heterocycles. The molecule has 2 aliphatic heterocycles. The number of allylic oxidation sites excluding steroid dienone is 1. The molecule has 1 saturated heterocycles. The first-order valence-corrected chi connectivity index (χ1v) is 11.7. The second kappa shape index (κ2) is 10.4. The van der Waals surface area contributed by atoms with Crippen LogP contribution in [0.5, 0.6) is 0 Å². The predicted molar refractivity (Wildman–Crippen MR) is 120 cm³/mol. The van der Waals surface area contributed by atoms with Crippen LogP contribution in [0.3, 0.4) is 0 Å². The summed E-state index contributed by atoms with van der Waals surface area (Å²) >= 11 is 1.96. The maximum Gasteiger partial charge on any atom is 0.339 e. The topological polar surface area (TPSA) is 71.1 Å². The molecule has 6 unspecified atom stereocenters. The van der Waals surface area contributed by atoms with Crippen LogP contribution >= 0.6 is 31.6 Å². The minimum absolute atomic E-state index is 0.0937. The fourth-order valence-corrected chi connectivity index (χ4v) is 4.68. The number of rotatable bonds is 8. The zero-order chi connectivity index (χ0) is 21.0. The van der Waals surface area contributed by atoms with E-state index in [0.29, 0.717) is 20.1 Å². The van der Waals surface area contributed by atoms with Gasteiger partial charge in [-0.15, -0.1) is 0 Å². The Labute approximate surface area is 183 Å². The molecule has 2 aliphatic rings. The molecule has 28 heavy (non-hydrogen) atoms. The van der Waals surface area contributed by atoms with Gasteiger partial charge in [-0.3, -0.25) is 14.8 Å². The van der Waals surface area contributed by atoms with Gasteiger partial charge < -0.3 is 9.47 Å². The minimum Gasteiger partial charge on any atom is -0.462 e. The first-order chi connectivity index (χ1) is 13.1. The van der Waals surface area contributed by atoms with Crippen molar-refractivity contribution >= 4 is 43.6 Å². The molecule has 1 N–H and O–H groups in total. The number of urea groups is 1. The van der Waals surface area contributed by atoms with Crippen molar-refractivity contribution in [3.8, 4) is 0 Å². The average Bonchev–Trinajstić information content (AvgIpc) is 2.97. The smallest absolute Gasteiger partial charge is 0.339 e. The first-order valence-electron chi connectivity index (χ1n) is 9.62. The van der Waals surface area contributed by atoms with E-state index in [2.05, 4.69) is 25.5 Å². The molecular formula is C19H31IN3O4P. The van der Waals surface area contributed by atoms with E-state index < -0.39 is 0 Å². The lowest BCUT2D eigenvalue weighted by atomic mass is 10.0. The van der Waals surface area contributed by atoms with Gasteiger partial charge in [0, 0.05) is 17.8 Å². The van der Waals surface area contributed by atoms with E-state index in [1.54, 1.807) is 11.1 Å². The van der Waals surface area contributed by atoms with Gasteiger partial charge in [0.25, 0.3) is 0 Å². The number of esters is 1. The molecule has 2 amide bonds. The van der Waals surface area contributed by atoms with Gasteiger partial charge in [-0.2, -0.15) is 0 Å². The normalized spacial score (nSPS) is 27.9. The summed E-state index contributed by atoms with van der Waals surface area (Å²) in [6, 6.07) is -0.446. The molecule has 9 heteroatoms. The molecule has 0 bridgehead atoms. The predicted octanol–water partition coefficient (Wildman–Crippen LogP) is 4.15. The van der Waals surface area contributed by atoms with E-state index in [-0.39, 0.29) is 42.4 Å². The van der Waals surface area contributed by atoms with E-state index in [9.17, 15) is 9.59 Å². The number of amides is 2. The van der Waals surface area contributed by atoms with Crippen molar-refractivity contribution in [3.63, 3.8) is 0 Å². The molecule has 0 aromatic carbocycles. The largest absolute Gasteiger partial charge is 0.462 e. The summed E-state index contributed by atoms with van der Waals surface area (Å²) in [4.78, 5) is 26.1. The quantitative estimate of drug-likeness (QED) is 0.224. The van der Waals surface area contributed by atoms with Crippen LogP contribution < -0.4 is 5.09 Å². The van der Waals surface area contributed by atoms with Crippen molar-refractivity contribution in [2.24, 2.45) is 5.92 Å². The van der Waals surface area contributed by atoms with Crippen molar-refractivity contribution in [2.45, 2.75) is 77.6 Å². The minimum atomic E-state index is -0.321. The third kappa shape index (κ3) is 6.15. The highest BCUT2D eigenvalue weighted by atomic mass is 127. The Balaban J connectivity index is 1.83. The summed E-state index contributed by atoms with van der Waals surface area (Å²) in [5.41, 5.74) is 1.02. The van der Waals surface area contributed by atoms with Crippen LogP contribution in [-0.4, -0.2) is 50.2 Å². The number of carbonyl (C=O) groups excluding carboxylic acids is 2. The maximum absolute atomic E-state index is 12.5. The molecule has 0 aliphatic carbocycles. The van der Waals surface area contributed by atoms with E-state index in [4.69, 9.17) is 9.47 Å². The molecule has 7 nitrogen and oxygen atoms in total. The lowest BCUT2D eigenvalue weighted by molar-refractivity contribution is -0.148. The van der Waals surface area contributed by atoms with E-state index in [0.717, 1.165) is 12.8 Å². The number of hydrogen-bond acceptors (Lipinski definition) is 5. The molecule has 0 aromatic heterocycles. The summed E-state index contributed by atoms with van der Waals surface area (Å²) in [5.74, 6) is 0.0269. The van der Waals surface area contributed by atoms with E-state index in [1.807, 2.05) is 49.7 Å². The number of nitrogens with one attached hydrogen (secondary N) is 1. The number of carbonyl (C=O) groups is 2. The van der Waals surface area contributed by atoms with Crippen LogP contribution in [0.15, 0.2) is 24.6 Å². The summed E-state index contributed by atoms with van der Waals surface area (Å²) in [7, 11) is 0.434. The lowest BCUT2D eigenvalue weighted by Crippen LogP contribution is -2.45. The van der Waals surface area contributed by atoms with Gasteiger partial charge in [0.05, 0.1) is 35.1 Å². The third-order valence-electron chi connectivity index (χ3n) is 4.66. The molecule has 6 atom stereocenters. The van der Waals surface area contributed by atoms with Crippen LogP contribution in [0.4, 0.5) is 4.79 Å². The number of halogens is 1. The fourth-order valence-electron chi connectivity index (χ4n) is 3.24. The van der Waals surface area contributed by atoms with Crippen molar-refractivity contribution < 1.29 is 19.1 Å². The molecule has 0 aromatic rings. The molecule has 1 fully saturated rings. The Morgan fingerprint density at radius 2 is 2.14 bits per heavy atom. The van der Waals surface area contributed by atoms with Crippen molar-refractivity contribution in [3.05, 3.63) is 24.6 Å². The zero-order valence-electron chi connectivity index (χ0n) is 17.1. The van der Waals surface area contributed by atoms with E-state index in [1.165, 1.54) is 3.11 Å². The van der Waals surface area contributed by atoms with E-state index >= 15 is 0 Å². The Hall–Kier alpha value is -0.700. The van der Waals surface area contributed by atoms with Gasteiger partial charge in [0.15, 0.2) is 0 Å². The highest BCUT2D eigenvalue weighted by Crippen LogP contribution is 2.35. The van der Waals surface area contributed by atoms with Gasteiger partial charge in [-0.1, -0.05) is 29.2 Å². The monoisotopic (exact) mass is 523 g/mol. The average molecular weight is 523 g/mol. The highest BCUT2D eigenvalue weighted by Gasteiger charge is 2.40. The van der Waals surface area contributed by atoms with Crippen molar-refractivity contribution in [1.29, 1.82) is 0 Å². The highest BCUT2D eigenvalue weighted by molar-refractivity contribution is 14.1. The van der Waals surface area contributed by atoms with Gasteiger partial charge in [0.1, 0.15) is 12.3 Å². The van der Waals surface area contributed by atoms with Crippen LogP contribution in [0, 0.1) is 5.92 Å². The Morgan fingerprint density at radius 1 is 1.46 bits per heavy atom. The molecule has 158 valence electrons. The van der Waals surface area contributed by atoms with Gasteiger partial charge in [-0.25, -0.2) is 7.91 Å². The van der Waals surface area contributed by atoms with Crippen molar-refractivity contribution in [1.82, 2.24) is 13.1 Å².